The highest BCUT2D eigenvalue weighted by atomic mass is 35.5. The van der Waals surface area contributed by atoms with Gasteiger partial charge < -0.3 is 9.72 Å². The van der Waals surface area contributed by atoms with Crippen molar-refractivity contribution in [1.82, 2.24) is 4.98 Å². The van der Waals surface area contributed by atoms with E-state index in [2.05, 4.69) is 4.98 Å². The van der Waals surface area contributed by atoms with Gasteiger partial charge in [-0.15, -0.1) is 0 Å². The first-order valence-corrected chi connectivity index (χ1v) is 8.17. The monoisotopic (exact) mass is 350 g/mol. The van der Waals surface area contributed by atoms with Crippen molar-refractivity contribution in [2.45, 2.75) is 6.92 Å². The molecule has 1 heterocycles. The van der Waals surface area contributed by atoms with Crippen LogP contribution in [0.2, 0.25) is 5.02 Å². The van der Waals surface area contributed by atoms with Crippen molar-refractivity contribution < 1.29 is 9.53 Å². The Morgan fingerprint density at radius 3 is 2.64 bits per heavy atom. The highest BCUT2D eigenvalue weighted by Gasteiger charge is 2.16. The van der Waals surface area contributed by atoms with Crippen molar-refractivity contribution in [3.63, 3.8) is 0 Å². The van der Waals surface area contributed by atoms with Gasteiger partial charge in [-0.25, -0.2) is 4.79 Å². The summed E-state index contributed by atoms with van der Waals surface area (Å²) in [6.07, 6.45) is 1.57. The van der Waals surface area contributed by atoms with E-state index in [-0.39, 0.29) is 12.2 Å². The van der Waals surface area contributed by atoms with Crippen molar-refractivity contribution in [3.05, 3.63) is 64.7 Å². The van der Waals surface area contributed by atoms with E-state index >= 15 is 0 Å². The molecule has 25 heavy (non-hydrogen) atoms. The minimum Gasteiger partial charge on any atom is -0.462 e. The molecule has 0 atom stereocenters. The molecule has 0 bridgehead atoms. The van der Waals surface area contributed by atoms with Gasteiger partial charge in [0, 0.05) is 21.5 Å². The van der Waals surface area contributed by atoms with Crippen LogP contribution < -0.4 is 0 Å². The number of hydrogen-bond donors (Lipinski definition) is 1. The minimum atomic E-state index is -0.627. The average molecular weight is 351 g/mol. The van der Waals surface area contributed by atoms with Crippen LogP contribution in [0.3, 0.4) is 0 Å². The molecule has 0 fully saturated rings. The molecule has 3 rings (SSSR count). The van der Waals surface area contributed by atoms with Crippen LogP contribution in [-0.4, -0.2) is 17.6 Å². The van der Waals surface area contributed by atoms with Crippen LogP contribution in [0.15, 0.2) is 54.1 Å². The van der Waals surface area contributed by atoms with Crippen LogP contribution in [0.4, 0.5) is 0 Å². The number of carbonyl (C=O) groups excluding carboxylic acids is 1. The second-order valence-electron chi connectivity index (χ2n) is 5.36. The van der Waals surface area contributed by atoms with Gasteiger partial charge in [0.15, 0.2) is 0 Å². The molecule has 0 unspecified atom stereocenters. The Morgan fingerprint density at radius 2 is 1.96 bits per heavy atom. The summed E-state index contributed by atoms with van der Waals surface area (Å²) in [5.74, 6) is -0.627. The first kappa shape index (κ1) is 16.8. The van der Waals surface area contributed by atoms with E-state index in [9.17, 15) is 10.1 Å². The number of halogens is 1. The molecule has 124 valence electrons. The molecule has 0 aliphatic carbocycles. The van der Waals surface area contributed by atoms with Gasteiger partial charge in [-0.3, -0.25) is 0 Å². The van der Waals surface area contributed by atoms with E-state index in [0.29, 0.717) is 5.02 Å². The van der Waals surface area contributed by atoms with Crippen LogP contribution in [0.5, 0.6) is 0 Å². The quantitative estimate of drug-likeness (QED) is 0.411. The van der Waals surface area contributed by atoms with Crippen molar-refractivity contribution in [1.29, 1.82) is 5.26 Å². The number of nitrogens with one attached hydrogen (secondary N) is 1. The third-order valence-electron chi connectivity index (χ3n) is 3.78. The minimum absolute atomic E-state index is 0.0400. The molecule has 0 spiro atoms. The van der Waals surface area contributed by atoms with Gasteiger partial charge in [0.2, 0.25) is 0 Å². The van der Waals surface area contributed by atoms with Crippen LogP contribution in [0.25, 0.3) is 28.2 Å². The van der Waals surface area contributed by atoms with Crippen molar-refractivity contribution in [3.8, 4) is 17.3 Å². The van der Waals surface area contributed by atoms with Crippen LogP contribution in [-0.2, 0) is 9.53 Å². The number of rotatable bonds is 4. The Kier molecular flexibility index (Phi) is 4.87. The summed E-state index contributed by atoms with van der Waals surface area (Å²) >= 11 is 5.97. The lowest BCUT2D eigenvalue weighted by Gasteiger charge is -2.03. The maximum Gasteiger partial charge on any atom is 0.348 e. The Morgan fingerprint density at radius 1 is 1.24 bits per heavy atom. The van der Waals surface area contributed by atoms with E-state index in [1.807, 2.05) is 42.5 Å². The van der Waals surface area contributed by atoms with Crippen molar-refractivity contribution in [2.75, 3.05) is 6.61 Å². The third-order valence-corrected chi connectivity index (χ3v) is 4.04. The molecule has 0 aliphatic heterocycles. The van der Waals surface area contributed by atoms with E-state index < -0.39 is 5.97 Å². The number of esters is 1. The molecule has 0 amide bonds. The Labute approximate surface area is 150 Å². The number of nitrogens with zero attached hydrogens (tertiary/aromatic N) is 1. The topological polar surface area (TPSA) is 65.9 Å². The summed E-state index contributed by atoms with van der Waals surface area (Å²) in [6, 6.07) is 17.0. The predicted molar refractivity (Wildman–Crippen MR) is 99.0 cm³/mol. The largest absolute Gasteiger partial charge is 0.462 e. The van der Waals surface area contributed by atoms with Crippen molar-refractivity contribution >= 4 is 34.5 Å². The number of hydrogen-bond acceptors (Lipinski definition) is 3. The second-order valence-corrected chi connectivity index (χ2v) is 5.79. The highest BCUT2D eigenvalue weighted by molar-refractivity contribution is 6.30. The summed E-state index contributed by atoms with van der Waals surface area (Å²) < 4.78 is 4.96. The number of aromatic nitrogens is 1. The van der Waals surface area contributed by atoms with Crippen LogP contribution in [0, 0.1) is 11.3 Å². The lowest BCUT2D eigenvalue weighted by atomic mass is 10.0. The lowest BCUT2D eigenvalue weighted by Crippen LogP contribution is -2.06. The lowest BCUT2D eigenvalue weighted by molar-refractivity contribution is -0.137. The zero-order valence-electron chi connectivity index (χ0n) is 13.5. The number of ether oxygens (including phenoxy) is 1. The normalized spacial score (nSPS) is 11.3. The number of nitriles is 1. The third kappa shape index (κ3) is 3.42. The smallest absolute Gasteiger partial charge is 0.348 e. The average Bonchev–Trinajstić information content (AvgIpc) is 2.99. The SMILES string of the molecule is CCOC(=O)/C(C#N)=C/c1c(-c2ccc(Cl)cc2)[nH]c2ccccc12. The van der Waals surface area contributed by atoms with Gasteiger partial charge in [0.1, 0.15) is 11.6 Å². The zero-order chi connectivity index (χ0) is 17.8. The Balaban J connectivity index is 2.22. The summed E-state index contributed by atoms with van der Waals surface area (Å²) in [4.78, 5) is 15.3. The fourth-order valence-electron chi connectivity index (χ4n) is 2.65. The molecule has 1 aromatic heterocycles. The fourth-order valence-corrected chi connectivity index (χ4v) is 2.77. The number of H-pyrrole nitrogens is 1. The molecule has 0 saturated heterocycles. The maximum atomic E-state index is 12.0. The molecule has 2 aromatic carbocycles. The van der Waals surface area contributed by atoms with Gasteiger partial charge >= 0.3 is 5.97 Å². The standard InChI is InChI=1S/C20H15ClN2O2/c1-2-25-20(24)14(12-22)11-17-16-5-3-4-6-18(16)23-19(17)13-7-9-15(21)10-8-13/h3-11,23H,2H2,1H3/b14-11+. The number of carbonyl (C=O) groups is 1. The number of para-hydroxylation sites is 1. The fraction of sp³-hybridized carbons (Fsp3) is 0.100. The summed E-state index contributed by atoms with van der Waals surface area (Å²) in [6.45, 7) is 1.92. The first-order chi connectivity index (χ1) is 12.1. The number of aromatic amines is 1. The number of benzene rings is 2. The van der Waals surface area contributed by atoms with Gasteiger partial charge in [-0.1, -0.05) is 41.9 Å². The van der Waals surface area contributed by atoms with Gasteiger partial charge in [-0.05, 0) is 36.8 Å². The second kappa shape index (κ2) is 7.25. The van der Waals surface area contributed by atoms with E-state index in [4.69, 9.17) is 16.3 Å². The van der Waals surface area contributed by atoms with Gasteiger partial charge in [0.25, 0.3) is 0 Å². The molecular formula is C20H15ClN2O2. The molecule has 1 N–H and O–H groups in total. The van der Waals surface area contributed by atoms with Crippen molar-refractivity contribution in [2.24, 2.45) is 0 Å². The summed E-state index contributed by atoms with van der Waals surface area (Å²) in [5.41, 5.74) is 3.37. The van der Waals surface area contributed by atoms with Gasteiger partial charge in [-0.2, -0.15) is 5.26 Å². The molecule has 0 aliphatic rings. The van der Waals surface area contributed by atoms with E-state index in [0.717, 1.165) is 27.7 Å². The van der Waals surface area contributed by atoms with E-state index in [1.165, 1.54) is 0 Å². The van der Waals surface area contributed by atoms with E-state index in [1.54, 1.807) is 25.1 Å². The first-order valence-electron chi connectivity index (χ1n) is 7.79. The summed E-state index contributed by atoms with van der Waals surface area (Å²) in [7, 11) is 0. The van der Waals surface area contributed by atoms with Crippen LogP contribution >= 0.6 is 11.6 Å². The predicted octanol–water partition coefficient (Wildman–Crippen LogP) is 4.96. The molecule has 0 saturated carbocycles. The molecule has 5 heteroatoms. The molecule has 3 aromatic rings. The maximum absolute atomic E-state index is 12.0. The van der Waals surface area contributed by atoms with Gasteiger partial charge in [0.05, 0.1) is 12.3 Å². The van der Waals surface area contributed by atoms with Crippen LogP contribution in [0.1, 0.15) is 12.5 Å². The Bertz CT molecular complexity index is 995. The zero-order valence-corrected chi connectivity index (χ0v) is 14.3. The molecular weight excluding hydrogens is 336 g/mol. The summed E-state index contributed by atoms with van der Waals surface area (Å²) in [5, 5.41) is 10.9. The molecule has 4 nitrogen and oxygen atoms in total. The molecule has 0 radical (unpaired) electrons. The number of fused-ring (bicyclic) bond motifs is 1. The Hall–Kier alpha value is -3.03. The highest BCUT2D eigenvalue weighted by Crippen LogP contribution is 2.32.